The largest absolute Gasteiger partial charge is 0.478 e. The molecule has 0 atom stereocenters. The van der Waals surface area contributed by atoms with Gasteiger partial charge in [0.05, 0.1) is 17.4 Å². The monoisotopic (exact) mass is 256 g/mol. The molecule has 2 rings (SSSR count). The van der Waals surface area contributed by atoms with Crippen molar-refractivity contribution in [2.24, 2.45) is 0 Å². The molecule has 0 aliphatic heterocycles. The minimum absolute atomic E-state index is 0.170. The molecule has 0 fully saturated rings. The third-order valence-corrected chi connectivity index (χ3v) is 2.59. The van der Waals surface area contributed by atoms with E-state index in [2.05, 4.69) is 4.98 Å². The van der Waals surface area contributed by atoms with Gasteiger partial charge in [-0.05, 0) is 36.4 Å². The Labute approximate surface area is 110 Å². The Hall–Kier alpha value is -2.69. The summed E-state index contributed by atoms with van der Waals surface area (Å²) in [6.07, 6.45) is 3.20. The molecule has 96 valence electrons. The maximum atomic E-state index is 11.7. The van der Waals surface area contributed by atoms with Crippen molar-refractivity contribution in [3.63, 3.8) is 0 Å². The number of aromatic carboxylic acids is 1. The average molecular weight is 256 g/mol. The molecule has 5 nitrogen and oxygen atoms in total. The maximum absolute atomic E-state index is 11.7. The topological polar surface area (TPSA) is 70.5 Å². The first-order chi connectivity index (χ1) is 9.09. The second kappa shape index (κ2) is 5.30. The fraction of sp³-hybridized carbons (Fsp3) is 0.0714. The molecule has 0 aliphatic carbocycles. The van der Waals surface area contributed by atoms with E-state index in [0.717, 1.165) is 0 Å². The minimum atomic E-state index is -0.998. The van der Waals surface area contributed by atoms with Crippen molar-refractivity contribution in [2.75, 3.05) is 4.90 Å². The zero-order valence-corrected chi connectivity index (χ0v) is 10.3. The van der Waals surface area contributed by atoms with Crippen LogP contribution in [0, 0.1) is 0 Å². The number of amides is 1. The predicted octanol–water partition coefficient (Wildman–Crippen LogP) is 2.46. The van der Waals surface area contributed by atoms with Gasteiger partial charge in [0.2, 0.25) is 5.91 Å². The van der Waals surface area contributed by atoms with Crippen LogP contribution in [0.3, 0.4) is 0 Å². The lowest BCUT2D eigenvalue weighted by Crippen LogP contribution is -2.22. The first-order valence-corrected chi connectivity index (χ1v) is 5.63. The molecular weight excluding hydrogens is 244 g/mol. The van der Waals surface area contributed by atoms with Crippen LogP contribution < -0.4 is 4.90 Å². The van der Waals surface area contributed by atoms with Crippen LogP contribution in [0.25, 0.3) is 0 Å². The van der Waals surface area contributed by atoms with Crippen LogP contribution in [0.4, 0.5) is 11.4 Å². The number of nitrogens with zero attached hydrogens (tertiary/aromatic N) is 2. The second-order valence-corrected chi connectivity index (χ2v) is 3.92. The van der Waals surface area contributed by atoms with Crippen molar-refractivity contribution in [3.8, 4) is 0 Å². The highest BCUT2D eigenvalue weighted by Gasteiger charge is 2.14. The number of pyridine rings is 1. The Kier molecular flexibility index (Phi) is 3.56. The van der Waals surface area contributed by atoms with E-state index in [1.807, 2.05) is 0 Å². The maximum Gasteiger partial charge on any atom is 0.335 e. The Morgan fingerprint density at radius 1 is 1.11 bits per heavy atom. The highest BCUT2D eigenvalue weighted by Crippen LogP contribution is 2.24. The Morgan fingerprint density at radius 3 is 2.26 bits per heavy atom. The van der Waals surface area contributed by atoms with Gasteiger partial charge in [-0.25, -0.2) is 4.79 Å². The third-order valence-electron chi connectivity index (χ3n) is 2.59. The molecule has 19 heavy (non-hydrogen) atoms. The number of carboxylic acids is 1. The Balaban J connectivity index is 2.40. The number of hydrogen-bond acceptors (Lipinski definition) is 3. The van der Waals surface area contributed by atoms with Crippen LogP contribution in [-0.4, -0.2) is 22.0 Å². The van der Waals surface area contributed by atoms with E-state index in [4.69, 9.17) is 5.11 Å². The van der Waals surface area contributed by atoms with Gasteiger partial charge in [-0.1, -0.05) is 0 Å². The van der Waals surface area contributed by atoms with Crippen LogP contribution in [-0.2, 0) is 4.79 Å². The number of anilines is 2. The lowest BCUT2D eigenvalue weighted by molar-refractivity contribution is -0.115. The number of carbonyl (C=O) groups is 2. The van der Waals surface area contributed by atoms with E-state index in [9.17, 15) is 9.59 Å². The molecule has 0 bridgehead atoms. The summed E-state index contributed by atoms with van der Waals surface area (Å²) in [7, 11) is 0. The van der Waals surface area contributed by atoms with E-state index in [0.29, 0.717) is 11.4 Å². The number of benzene rings is 1. The van der Waals surface area contributed by atoms with Crippen LogP contribution in [0.1, 0.15) is 17.3 Å². The van der Waals surface area contributed by atoms with E-state index < -0.39 is 5.97 Å². The predicted molar refractivity (Wildman–Crippen MR) is 70.5 cm³/mol. The first kappa shape index (κ1) is 12.8. The lowest BCUT2D eigenvalue weighted by Gasteiger charge is -2.20. The molecule has 0 saturated carbocycles. The smallest absolute Gasteiger partial charge is 0.335 e. The zero-order valence-electron chi connectivity index (χ0n) is 10.3. The SMILES string of the molecule is CC(=O)N(c1ccc(C(=O)O)cc1)c1cccnc1. The second-order valence-electron chi connectivity index (χ2n) is 3.92. The van der Waals surface area contributed by atoms with Gasteiger partial charge in [0.25, 0.3) is 0 Å². The number of carbonyl (C=O) groups excluding carboxylic acids is 1. The molecule has 0 unspecified atom stereocenters. The Morgan fingerprint density at radius 2 is 1.79 bits per heavy atom. The average Bonchev–Trinajstić information content (AvgIpc) is 2.40. The molecule has 2 aromatic rings. The molecule has 1 aromatic carbocycles. The van der Waals surface area contributed by atoms with Gasteiger partial charge in [-0.2, -0.15) is 0 Å². The normalized spacial score (nSPS) is 9.95. The quantitative estimate of drug-likeness (QED) is 0.915. The molecule has 0 radical (unpaired) electrons. The summed E-state index contributed by atoms with van der Waals surface area (Å²) >= 11 is 0. The molecule has 0 spiro atoms. The number of carboxylic acid groups (broad SMARTS) is 1. The van der Waals surface area contributed by atoms with Crippen molar-refractivity contribution >= 4 is 23.3 Å². The number of aromatic nitrogens is 1. The van der Waals surface area contributed by atoms with Crippen LogP contribution in [0.5, 0.6) is 0 Å². The van der Waals surface area contributed by atoms with Crippen molar-refractivity contribution in [1.82, 2.24) is 4.98 Å². The standard InChI is InChI=1S/C14H12N2O3/c1-10(17)16(13-3-2-8-15-9-13)12-6-4-11(5-7-12)14(18)19/h2-9H,1H3,(H,18,19). The zero-order chi connectivity index (χ0) is 13.8. The number of hydrogen-bond donors (Lipinski definition) is 1. The summed E-state index contributed by atoms with van der Waals surface area (Å²) in [6.45, 7) is 1.44. The summed E-state index contributed by atoms with van der Waals surface area (Å²) < 4.78 is 0. The van der Waals surface area contributed by atoms with Gasteiger partial charge in [0, 0.05) is 18.8 Å². The van der Waals surface area contributed by atoms with E-state index in [-0.39, 0.29) is 11.5 Å². The van der Waals surface area contributed by atoms with Crippen LogP contribution in [0.15, 0.2) is 48.8 Å². The van der Waals surface area contributed by atoms with E-state index in [1.54, 1.807) is 36.7 Å². The van der Waals surface area contributed by atoms with Crippen molar-refractivity contribution in [3.05, 3.63) is 54.4 Å². The molecule has 1 amide bonds. The molecule has 1 N–H and O–H groups in total. The Bertz CT molecular complexity index is 594. The van der Waals surface area contributed by atoms with Crippen molar-refractivity contribution in [2.45, 2.75) is 6.92 Å². The summed E-state index contributed by atoms with van der Waals surface area (Å²) in [5.74, 6) is -1.17. The first-order valence-electron chi connectivity index (χ1n) is 5.63. The molecule has 1 heterocycles. The summed E-state index contributed by atoms with van der Waals surface area (Å²) in [4.78, 5) is 28.0. The van der Waals surface area contributed by atoms with E-state index >= 15 is 0 Å². The van der Waals surface area contributed by atoms with Crippen LogP contribution in [0.2, 0.25) is 0 Å². The van der Waals surface area contributed by atoms with Gasteiger partial charge in [-0.3, -0.25) is 14.7 Å². The molecular formula is C14H12N2O3. The summed E-state index contributed by atoms with van der Waals surface area (Å²) in [5, 5.41) is 8.85. The highest BCUT2D eigenvalue weighted by molar-refractivity contribution is 5.99. The van der Waals surface area contributed by atoms with E-state index in [1.165, 1.54) is 24.0 Å². The van der Waals surface area contributed by atoms with Gasteiger partial charge in [0.15, 0.2) is 0 Å². The fourth-order valence-electron chi connectivity index (χ4n) is 1.75. The van der Waals surface area contributed by atoms with Gasteiger partial charge in [-0.15, -0.1) is 0 Å². The molecule has 5 heteroatoms. The minimum Gasteiger partial charge on any atom is -0.478 e. The number of rotatable bonds is 3. The fourth-order valence-corrected chi connectivity index (χ4v) is 1.75. The molecule has 1 aromatic heterocycles. The molecule has 0 saturated heterocycles. The highest BCUT2D eigenvalue weighted by atomic mass is 16.4. The van der Waals surface area contributed by atoms with Crippen molar-refractivity contribution in [1.29, 1.82) is 0 Å². The van der Waals surface area contributed by atoms with Gasteiger partial charge >= 0.3 is 5.97 Å². The van der Waals surface area contributed by atoms with Gasteiger partial charge < -0.3 is 5.11 Å². The summed E-state index contributed by atoms with van der Waals surface area (Å²) in [5.41, 5.74) is 1.42. The third kappa shape index (κ3) is 2.77. The van der Waals surface area contributed by atoms with Crippen molar-refractivity contribution < 1.29 is 14.7 Å². The van der Waals surface area contributed by atoms with Gasteiger partial charge in [0.1, 0.15) is 0 Å². The molecule has 0 aliphatic rings. The summed E-state index contributed by atoms with van der Waals surface area (Å²) in [6, 6.07) is 9.61. The van der Waals surface area contributed by atoms with Crippen LogP contribution >= 0.6 is 0 Å². The lowest BCUT2D eigenvalue weighted by atomic mass is 10.2.